The summed E-state index contributed by atoms with van der Waals surface area (Å²) < 4.78 is 1.02. The van der Waals surface area contributed by atoms with E-state index in [2.05, 4.69) is 0 Å². The summed E-state index contributed by atoms with van der Waals surface area (Å²) in [5, 5.41) is 20.1. The van der Waals surface area contributed by atoms with E-state index in [0.29, 0.717) is 9.94 Å². The molecule has 1 unspecified atom stereocenters. The summed E-state index contributed by atoms with van der Waals surface area (Å²) in [6.07, 6.45) is 0. The highest BCUT2D eigenvalue weighted by Gasteiger charge is 2.25. The fraction of sp³-hybridized carbons (Fsp3) is 0.182. The number of hydrogen-bond acceptors (Lipinski definition) is 4. The number of benzene rings is 1. The molecule has 0 spiro atoms. The van der Waals surface area contributed by atoms with Crippen LogP contribution < -0.4 is 0 Å². The van der Waals surface area contributed by atoms with Crippen molar-refractivity contribution in [2.24, 2.45) is 0 Å². The van der Waals surface area contributed by atoms with Crippen molar-refractivity contribution in [3.05, 3.63) is 35.2 Å². The number of hydrogen-bond donors (Lipinski definition) is 2. The first-order valence-electron chi connectivity index (χ1n) is 4.72. The number of fused-ring (bicyclic) bond motifs is 1. The molecule has 0 saturated heterocycles. The number of aliphatic carboxylic acids is 1. The Kier molecular flexibility index (Phi) is 2.91. The molecule has 2 rings (SSSR count). The molecule has 16 heavy (non-hydrogen) atoms. The minimum atomic E-state index is -1.06. The van der Waals surface area contributed by atoms with Gasteiger partial charge in [-0.3, -0.25) is 4.79 Å². The van der Waals surface area contributed by atoms with Gasteiger partial charge in [-0.1, -0.05) is 18.2 Å². The molecule has 2 N–H and O–H groups in total. The van der Waals surface area contributed by atoms with Crippen molar-refractivity contribution in [3.8, 4) is 0 Å². The Labute approximate surface area is 96.3 Å². The van der Waals surface area contributed by atoms with E-state index in [-0.39, 0.29) is 0 Å². The van der Waals surface area contributed by atoms with Gasteiger partial charge in [0.05, 0.1) is 0 Å². The number of rotatable bonds is 3. The lowest BCUT2D eigenvalue weighted by molar-refractivity contribution is -0.163. The quantitative estimate of drug-likeness (QED) is 0.804. The molecule has 2 aromatic rings. The Morgan fingerprint density at radius 3 is 2.69 bits per heavy atom. The molecule has 1 aromatic heterocycles. The highest BCUT2D eigenvalue weighted by atomic mass is 32.1. The van der Waals surface area contributed by atoms with Gasteiger partial charge in [-0.15, -0.1) is 11.3 Å². The van der Waals surface area contributed by atoms with Gasteiger partial charge in [0.25, 0.3) is 0 Å². The third-order valence-electron chi connectivity index (χ3n) is 2.32. The molecule has 1 atom stereocenters. The van der Waals surface area contributed by atoms with E-state index >= 15 is 0 Å². The van der Waals surface area contributed by atoms with Crippen molar-refractivity contribution in [2.45, 2.75) is 6.04 Å². The van der Waals surface area contributed by atoms with Crippen LogP contribution in [0.25, 0.3) is 10.1 Å². The van der Waals surface area contributed by atoms with Gasteiger partial charge >= 0.3 is 5.97 Å². The van der Waals surface area contributed by atoms with E-state index in [1.807, 2.05) is 24.3 Å². The molecule has 0 amide bonds. The SMILES string of the molecule is CN(O)C(C(=O)O)c1cc2ccccc2s1. The Morgan fingerprint density at radius 1 is 1.44 bits per heavy atom. The summed E-state index contributed by atoms with van der Waals surface area (Å²) in [6.45, 7) is 0. The van der Waals surface area contributed by atoms with E-state index in [1.165, 1.54) is 18.4 Å². The first-order valence-corrected chi connectivity index (χ1v) is 5.54. The zero-order valence-corrected chi connectivity index (χ0v) is 9.44. The molecule has 0 aliphatic heterocycles. The maximum Gasteiger partial charge on any atom is 0.328 e. The molecule has 1 aromatic carbocycles. The maximum atomic E-state index is 11.0. The van der Waals surface area contributed by atoms with Gasteiger partial charge in [-0.2, -0.15) is 5.06 Å². The topological polar surface area (TPSA) is 60.8 Å². The number of carboxylic acid groups (broad SMARTS) is 1. The summed E-state index contributed by atoms with van der Waals surface area (Å²) in [4.78, 5) is 11.6. The van der Waals surface area contributed by atoms with Crippen molar-refractivity contribution in [2.75, 3.05) is 7.05 Å². The lowest BCUT2D eigenvalue weighted by atomic mass is 10.2. The van der Waals surface area contributed by atoms with E-state index in [0.717, 1.165) is 10.1 Å². The van der Waals surface area contributed by atoms with Crippen molar-refractivity contribution in [1.29, 1.82) is 0 Å². The molecule has 0 saturated carbocycles. The first-order chi connectivity index (χ1) is 7.59. The monoisotopic (exact) mass is 237 g/mol. The van der Waals surface area contributed by atoms with Gasteiger partial charge in [-0.05, 0) is 17.5 Å². The first kappa shape index (κ1) is 11.1. The summed E-state index contributed by atoms with van der Waals surface area (Å²) in [5.74, 6) is -1.06. The van der Waals surface area contributed by atoms with Gasteiger partial charge < -0.3 is 10.3 Å². The molecule has 0 fully saturated rings. The Morgan fingerprint density at radius 2 is 2.12 bits per heavy atom. The molecule has 84 valence electrons. The number of likely N-dealkylation sites (N-methyl/N-ethyl adjacent to an activating group) is 1. The fourth-order valence-corrected chi connectivity index (χ4v) is 2.80. The lowest BCUT2D eigenvalue weighted by Crippen LogP contribution is -2.27. The van der Waals surface area contributed by atoms with Crippen molar-refractivity contribution in [3.63, 3.8) is 0 Å². The van der Waals surface area contributed by atoms with Crippen LogP contribution in [0.3, 0.4) is 0 Å². The normalized spacial score (nSPS) is 13.2. The van der Waals surface area contributed by atoms with E-state index in [1.54, 1.807) is 6.07 Å². The Bertz CT molecular complexity index is 488. The minimum absolute atomic E-state index is 0.624. The summed E-state index contributed by atoms with van der Waals surface area (Å²) in [5.41, 5.74) is 0. The second kappa shape index (κ2) is 4.21. The molecule has 0 aliphatic carbocycles. The van der Waals surface area contributed by atoms with Crippen LogP contribution in [0.2, 0.25) is 0 Å². The molecular formula is C11H11NO3S. The average molecular weight is 237 g/mol. The zero-order valence-electron chi connectivity index (χ0n) is 8.62. The van der Waals surface area contributed by atoms with Crippen molar-refractivity contribution >= 4 is 27.4 Å². The second-order valence-corrected chi connectivity index (χ2v) is 4.62. The van der Waals surface area contributed by atoms with Gasteiger partial charge in [0, 0.05) is 16.6 Å². The predicted octanol–water partition coefficient (Wildman–Crippen LogP) is 2.35. The molecule has 0 aliphatic rings. The third kappa shape index (κ3) is 1.92. The molecule has 1 heterocycles. The number of carbonyl (C=O) groups is 1. The fourth-order valence-electron chi connectivity index (χ4n) is 1.60. The maximum absolute atomic E-state index is 11.0. The second-order valence-electron chi connectivity index (χ2n) is 3.50. The molecule has 5 heteroatoms. The number of thiophene rings is 1. The van der Waals surface area contributed by atoms with Crippen LogP contribution >= 0.6 is 11.3 Å². The van der Waals surface area contributed by atoms with Crippen molar-refractivity contribution in [1.82, 2.24) is 5.06 Å². The van der Waals surface area contributed by atoms with Gasteiger partial charge in [0.15, 0.2) is 6.04 Å². The zero-order chi connectivity index (χ0) is 11.7. The van der Waals surface area contributed by atoms with Crippen LogP contribution in [0, 0.1) is 0 Å². The summed E-state index contributed by atoms with van der Waals surface area (Å²) in [7, 11) is 1.34. The van der Waals surface area contributed by atoms with Gasteiger partial charge in [0.2, 0.25) is 0 Å². The predicted molar refractivity (Wildman–Crippen MR) is 61.8 cm³/mol. The molecule has 4 nitrogen and oxygen atoms in total. The Hall–Kier alpha value is -1.43. The van der Waals surface area contributed by atoms with Gasteiger partial charge in [-0.25, -0.2) is 0 Å². The van der Waals surface area contributed by atoms with Crippen LogP contribution in [0.15, 0.2) is 30.3 Å². The standard InChI is InChI=1S/C11H11NO3S/c1-12(15)10(11(13)14)9-6-7-4-2-3-5-8(7)16-9/h2-6,10,15H,1H3,(H,13,14). The largest absolute Gasteiger partial charge is 0.480 e. The van der Waals surface area contributed by atoms with Crippen LogP contribution in [-0.2, 0) is 4.79 Å². The van der Waals surface area contributed by atoms with E-state index in [4.69, 9.17) is 5.11 Å². The highest BCUT2D eigenvalue weighted by molar-refractivity contribution is 7.19. The Balaban J connectivity index is 2.49. The smallest absolute Gasteiger partial charge is 0.328 e. The van der Waals surface area contributed by atoms with E-state index in [9.17, 15) is 10.0 Å². The summed E-state index contributed by atoms with van der Waals surface area (Å²) in [6, 6.07) is 8.45. The van der Waals surface area contributed by atoms with Crippen LogP contribution in [-0.4, -0.2) is 28.4 Å². The summed E-state index contributed by atoms with van der Waals surface area (Å²) >= 11 is 1.38. The van der Waals surface area contributed by atoms with Crippen LogP contribution in [0.4, 0.5) is 0 Å². The van der Waals surface area contributed by atoms with Gasteiger partial charge in [0.1, 0.15) is 0 Å². The minimum Gasteiger partial charge on any atom is -0.480 e. The average Bonchev–Trinajstić information content (AvgIpc) is 2.58. The molecular weight excluding hydrogens is 226 g/mol. The third-order valence-corrected chi connectivity index (χ3v) is 3.49. The molecule has 0 radical (unpaired) electrons. The molecule has 0 bridgehead atoms. The number of nitrogens with zero attached hydrogens (tertiary/aromatic N) is 1. The van der Waals surface area contributed by atoms with Crippen LogP contribution in [0.1, 0.15) is 10.9 Å². The van der Waals surface area contributed by atoms with E-state index < -0.39 is 12.0 Å². The van der Waals surface area contributed by atoms with Crippen LogP contribution in [0.5, 0.6) is 0 Å². The van der Waals surface area contributed by atoms with Crippen molar-refractivity contribution < 1.29 is 15.1 Å². The number of hydroxylamine groups is 2. The lowest BCUT2D eigenvalue weighted by Gasteiger charge is -2.16. The number of carboxylic acids is 1. The highest BCUT2D eigenvalue weighted by Crippen LogP contribution is 2.31.